The number of nitrogens with one attached hydrogen (secondary N) is 1. The Kier molecular flexibility index (Phi) is 5.17. The van der Waals surface area contributed by atoms with Crippen LogP contribution in [0.5, 0.6) is 5.75 Å². The maximum absolute atomic E-state index is 10.6. The number of carbonyl (C=O) groups excluding carboxylic acids is 1. The lowest BCUT2D eigenvalue weighted by Gasteiger charge is -2.20. The molecule has 0 aliphatic heterocycles. The van der Waals surface area contributed by atoms with Crippen molar-refractivity contribution < 1.29 is 14.6 Å². The van der Waals surface area contributed by atoms with E-state index in [1.54, 1.807) is 12.1 Å². The topological polar surface area (TPSA) is 84.6 Å². The normalized spacial score (nSPS) is 11.8. The van der Waals surface area contributed by atoms with Crippen LogP contribution in [0.3, 0.4) is 0 Å². The minimum atomic E-state index is -0.780. The highest BCUT2D eigenvalue weighted by Crippen LogP contribution is 2.23. The van der Waals surface area contributed by atoms with Crippen LogP contribution in [-0.2, 0) is 4.74 Å². The van der Waals surface area contributed by atoms with Gasteiger partial charge in [0.2, 0.25) is 0 Å². The molecule has 0 spiro atoms. The Morgan fingerprint density at radius 3 is 2.33 bits per heavy atom. The molecule has 0 heterocycles. The molecule has 2 aromatic carbocycles. The highest BCUT2D eigenvalue weighted by molar-refractivity contribution is 5.64. The van der Waals surface area contributed by atoms with Crippen LogP contribution in [0, 0.1) is 0 Å². The van der Waals surface area contributed by atoms with Crippen molar-refractivity contribution in [2.45, 2.75) is 6.04 Å². The molecule has 0 saturated carbocycles. The lowest BCUT2D eigenvalue weighted by Crippen LogP contribution is -2.28. The smallest absolute Gasteiger partial charge is 0.404 e. The highest BCUT2D eigenvalue weighted by atomic mass is 16.5. The molecule has 0 fully saturated rings. The third kappa shape index (κ3) is 4.50. The molecule has 4 N–H and O–H groups in total. The summed E-state index contributed by atoms with van der Waals surface area (Å²) in [6, 6.07) is 16.9. The monoisotopic (exact) mass is 286 g/mol. The average molecular weight is 286 g/mol. The van der Waals surface area contributed by atoms with Crippen LogP contribution < -0.4 is 11.1 Å². The lowest BCUT2D eigenvalue weighted by molar-refractivity contribution is 0.156. The summed E-state index contributed by atoms with van der Waals surface area (Å²) in [4.78, 5) is 10.6. The van der Waals surface area contributed by atoms with E-state index in [1.165, 1.54) is 0 Å². The summed E-state index contributed by atoms with van der Waals surface area (Å²) in [5.41, 5.74) is 7.03. The summed E-state index contributed by atoms with van der Waals surface area (Å²) in [6.45, 7) is 0.681. The Labute approximate surface area is 123 Å². The fraction of sp³-hybridized carbons (Fsp3) is 0.188. The number of nitrogens with two attached hydrogens (primary N) is 1. The Hall–Kier alpha value is -2.53. The first kappa shape index (κ1) is 14.9. The van der Waals surface area contributed by atoms with Crippen LogP contribution in [0.25, 0.3) is 0 Å². The number of phenolic OH excluding ortho intramolecular Hbond substituents is 1. The van der Waals surface area contributed by atoms with Crippen LogP contribution in [0.15, 0.2) is 54.6 Å². The fourth-order valence-electron chi connectivity index (χ4n) is 2.10. The quantitative estimate of drug-likeness (QED) is 0.710. The van der Waals surface area contributed by atoms with Crippen molar-refractivity contribution in [3.63, 3.8) is 0 Å². The van der Waals surface area contributed by atoms with Crippen LogP contribution in [0.1, 0.15) is 17.2 Å². The number of ether oxygens (including phenoxy) is 1. The lowest BCUT2D eigenvalue weighted by atomic mass is 9.98. The highest BCUT2D eigenvalue weighted by Gasteiger charge is 2.13. The van der Waals surface area contributed by atoms with Crippen molar-refractivity contribution in [3.05, 3.63) is 65.7 Å². The van der Waals surface area contributed by atoms with E-state index in [1.807, 2.05) is 42.5 Å². The van der Waals surface area contributed by atoms with Gasteiger partial charge < -0.3 is 20.9 Å². The van der Waals surface area contributed by atoms with Gasteiger partial charge in [-0.2, -0.15) is 0 Å². The second-order valence-corrected chi connectivity index (χ2v) is 4.56. The van der Waals surface area contributed by atoms with Gasteiger partial charge in [-0.25, -0.2) is 4.79 Å². The van der Waals surface area contributed by atoms with E-state index in [0.717, 1.165) is 11.1 Å². The summed E-state index contributed by atoms with van der Waals surface area (Å²) < 4.78 is 4.72. The number of aromatic hydroxyl groups is 1. The van der Waals surface area contributed by atoms with Gasteiger partial charge in [0, 0.05) is 6.54 Å². The number of phenols is 1. The van der Waals surface area contributed by atoms with Gasteiger partial charge in [0.15, 0.2) is 0 Å². The molecular formula is C16H18N2O3. The molecule has 0 aliphatic rings. The van der Waals surface area contributed by atoms with Crippen LogP contribution in [0.4, 0.5) is 4.79 Å². The summed E-state index contributed by atoms with van der Waals surface area (Å²) in [5.74, 6) is 0.225. The SMILES string of the molecule is NC(=O)OCCNC(c1ccccc1)c1ccc(O)cc1. The van der Waals surface area contributed by atoms with Crippen molar-refractivity contribution >= 4 is 6.09 Å². The van der Waals surface area contributed by atoms with Gasteiger partial charge in [-0.15, -0.1) is 0 Å². The predicted octanol–water partition coefficient (Wildman–Crippen LogP) is 2.17. The first-order valence-corrected chi connectivity index (χ1v) is 6.66. The zero-order chi connectivity index (χ0) is 15.1. The predicted molar refractivity (Wildman–Crippen MR) is 79.9 cm³/mol. The van der Waals surface area contributed by atoms with E-state index < -0.39 is 6.09 Å². The van der Waals surface area contributed by atoms with E-state index in [0.29, 0.717) is 6.54 Å². The number of carbonyl (C=O) groups is 1. The van der Waals surface area contributed by atoms with Crippen molar-refractivity contribution in [1.29, 1.82) is 0 Å². The Morgan fingerprint density at radius 1 is 1.10 bits per heavy atom. The van der Waals surface area contributed by atoms with Gasteiger partial charge in [-0.05, 0) is 23.3 Å². The van der Waals surface area contributed by atoms with E-state index in [4.69, 9.17) is 10.5 Å². The van der Waals surface area contributed by atoms with Crippen LogP contribution >= 0.6 is 0 Å². The van der Waals surface area contributed by atoms with Gasteiger partial charge in [0.1, 0.15) is 12.4 Å². The molecule has 110 valence electrons. The first-order chi connectivity index (χ1) is 10.2. The number of rotatable bonds is 6. The summed E-state index contributed by atoms with van der Waals surface area (Å²) in [6.07, 6.45) is -0.780. The van der Waals surface area contributed by atoms with E-state index in [9.17, 15) is 9.90 Å². The second kappa shape index (κ2) is 7.31. The van der Waals surface area contributed by atoms with Gasteiger partial charge >= 0.3 is 6.09 Å². The Bertz CT molecular complexity index is 570. The minimum Gasteiger partial charge on any atom is -0.508 e. The molecule has 0 radical (unpaired) electrons. The number of primary amides is 1. The summed E-state index contributed by atoms with van der Waals surface area (Å²) in [5, 5.41) is 12.7. The average Bonchev–Trinajstić information content (AvgIpc) is 2.49. The summed E-state index contributed by atoms with van der Waals surface area (Å²) >= 11 is 0. The van der Waals surface area contributed by atoms with Gasteiger partial charge in [-0.3, -0.25) is 0 Å². The molecule has 2 aromatic rings. The number of hydrogen-bond acceptors (Lipinski definition) is 4. The zero-order valence-corrected chi connectivity index (χ0v) is 11.5. The molecule has 5 nitrogen and oxygen atoms in total. The largest absolute Gasteiger partial charge is 0.508 e. The molecular weight excluding hydrogens is 268 g/mol. The Balaban J connectivity index is 2.11. The van der Waals surface area contributed by atoms with Gasteiger partial charge in [0.05, 0.1) is 6.04 Å². The number of hydrogen-bond donors (Lipinski definition) is 3. The number of benzene rings is 2. The van der Waals surface area contributed by atoms with E-state index in [2.05, 4.69) is 5.32 Å². The summed E-state index contributed by atoms with van der Waals surface area (Å²) in [7, 11) is 0. The first-order valence-electron chi connectivity index (χ1n) is 6.66. The number of amides is 1. The van der Waals surface area contributed by atoms with Crippen LogP contribution in [-0.4, -0.2) is 24.4 Å². The molecule has 1 unspecified atom stereocenters. The second-order valence-electron chi connectivity index (χ2n) is 4.56. The molecule has 0 bridgehead atoms. The van der Waals surface area contributed by atoms with Crippen LogP contribution in [0.2, 0.25) is 0 Å². The molecule has 1 amide bonds. The van der Waals surface area contributed by atoms with Gasteiger partial charge in [0.25, 0.3) is 0 Å². The Morgan fingerprint density at radius 2 is 1.71 bits per heavy atom. The maximum Gasteiger partial charge on any atom is 0.404 e. The minimum absolute atomic E-state index is 0.0525. The molecule has 21 heavy (non-hydrogen) atoms. The molecule has 1 atom stereocenters. The maximum atomic E-state index is 10.6. The van der Waals surface area contributed by atoms with Gasteiger partial charge in [-0.1, -0.05) is 42.5 Å². The third-order valence-electron chi connectivity index (χ3n) is 3.05. The standard InChI is InChI=1S/C16H18N2O3/c17-16(20)21-11-10-18-15(12-4-2-1-3-5-12)13-6-8-14(19)9-7-13/h1-9,15,18-19H,10-11H2,(H2,17,20). The molecule has 2 rings (SSSR count). The fourth-order valence-corrected chi connectivity index (χ4v) is 2.10. The zero-order valence-electron chi connectivity index (χ0n) is 11.5. The van der Waals surface area contributed by atoms with Crippen molar-refractivity contribution in [2.24, 2.45) is 5.73 Å². The molecule has 0 aliphatic carbocycles. The molecule has 5 heteroatoms. The molecule has 0 aromatic heterocycles. The van der Waals surface area contributed by atoms with Crippen molar-refractivity contribution in [3.8, 4) is 5.75 Å². The van der Waals surface area contributed by atoms with E-state index >= 15 is 0 Å². The third-order valence-corrected chi connectivity index (χ3v) is 3.05. The van der Waals surface area contributed by atoms with E-state index in [-0.39, 0.29) is 18.4 Å². The van der Waals surface area contributed by atoms with Crippen molar-refractivity contribution in [1.82, 2.24) is 5.32 Å². The van der Waals surface area contributed by atoms with Crippen molar-refractivity contribution in [2.75, 3.05) is 13.2 Å². The molecule has 0 saturated heterocycles.